The molecule has 0 aliphatic carbocycles. The van der Waals surface area contributed by atoms with Gasteiger partial charge in [0.05, 0.1) is 6.10 Å². The average Bonchev–Trinajstić information content (AvgIpc) is 2.47. The molecule has 1 aliphatic rings. The highest BCUT2D eigenvalue weighted by Crippen LogP contribution is 2.10. The summed E-state index contributed by atoms with van der Waals surface area (Å²) < 4.78 is 0. The topological polar surface area (TPSA) is 89.9 Å². The van der Waals surface area contributed by atoms with Gasteiger partial charge in [-0.2, -0.15) is 0 Å². The van der Waals surface area contributed by atoms with Gasteiger partial charge in [0.15, 0.2) is 0 Å². The van der Waals surface area contributed by atoms with Gasteiger partial charge in [-0.3, -0.25) is 0 Å². The summed E-state index contributed by atoms with van der Waals surface area (Å²) in [6.07, 6.45) is 1.11. The number of nitrogens with one attached hydrogen (secondary N) is 1. The summed E-state index contributed by atoms with van der Waals surface area (Å²) in [7, 11) is 0. The highest BCUT2D eigenvalue weighted by molar-refractivity contribution is 5.82. The first kappa shape index (κ1) is 15.3. The number of nitrogens with zero attached hydrogens (tertiary/aromatic N) is 1. The second kappa shape index (κ2) is 7.08. The van der Waals surface area contributed by atoms with E-state index in [9.17, 15) is 19.8 Å². The average molecular weight is 292 g/mol. The van der Waals surface area contributed by atoms with Crippen LogP contribution in [0.1, 0.15) is 18.4 Å². The smallest absolute Gasteiger partial charge is 0.326 e. The number of benzene rings is 1. The zero-order chi connectivity index (χ0) is 15.2. The minimum atomic E-state index is -1.07. The molecule has 3 N–H and O–H groups in total. The van der Waals surface area contributed by atoms with E-state index in [0.717, 1.165) is 12.0 Å². The monoisotopic (exact) mass is 292 g/mol. The van der Waals surface area contributed by atoms with Crippen LogP contribution in [0.15, 0.2) is 30.3 Å². The van der Waals surface area contributed by atoms with Crippen LogP contribution in [-0.2, 0) is 11.2 Å². The van der Waals surface area contributed by atoms with Gasteiger partial charge in [-0.15, -0.1) is 0 Å². The number of aliphatic hydroxyl groups is 1. The summed E-state index contributed by atoms with van der Waals surface area (Å²) in [6.45, 7) is 0.796. The van der Waals surface area contributed by atoms with Crippen LogP contribution in [0.25, 0.3) is 0 Å². The lowest BCUT2D eigenvalue weighted by Crippen LogP contribution is -2.52. The predicted molar refractivity (Wildman–Crippen MR) is 76.9 cm³/mol. The first-order valence-electron chi connectivity index (χ1n) is 7.06. The fourth-order valence-electron chi connectivity index (χ4n) is 2.43. The number of hydrogen-bond donors (Lipinski definition) is 3. The van der Waals surface area contributed by atoms with Crippen LogP contribution in [0.4, 0.5) is 4.79 Å². The van der Waals surface area contributed by atoms with Gasteiger partial charge in [-0.05, 0) is 18.4 Å². The largest absolute Gasteiger partial charge is 0.480 e. The van der Waals surface area contributed by atoms with Crippen LogP contribution in [0.3, 0.4) is 0 Å². The zero-order valence-corrected chi connectivity index (χ0v) is 11.7. The van der Waals surface area contributed by atoms with E-state index < -0.39 is 24.1 Å². The van der Waals surface area contributed by atoms with Gasteiger partial charge in [0, 0.05) is 19.5 Å². The molecule has 114 valence electrons. The molecule has 1 fully saturated rings. The normalized spacial score (nSPS) is 19.9. The van der Waals surface area contributed by atoms with Crippen LogP contribution < -0.4 is 5.32 Å². The Kier molecular flexibility index (Phi) is 5.16. The zero-order valence-electron chi connectivity index (χ0n) is 11.7. The van der Waals surface area contributed by atoms with E-state index >= 15 is 0 Å². The van der Waals surface area contributed by atoms with E-state index in [0.29, 0.717) is 13.0 Å². The van der Waals surface area contributed by atoms with E-state index in [2.05, 4.69) is 5.32 Å². The highest BCUT2D eigenvalue weighted by Gasteiger charge is 2.26. The first-order valence-corrected chi connectivity index (χ1v) is 7.06. The molecule has 1 aliphatic heterocycles. The molecule has 0 radical (unpaired) electrons. The van der Waals surface area contributed by atoms with Crippen LogP contribution in [-0.4, -0.2) is 52.3 Å². The van der Waals surface area contributed by atoms with Crippen molar-refractivity contribution < 1.29 is 19.8 Å². The second-order valence-electron chi connectivity index (χ2n) is 5.27. The number of carboxylic acids is 1. The van der Waals surface area contributed by atoms with Gasteiger partial charge in [0.1, 0.15) is 6.04 Å². The molecule has 0 bridgehead atoms. The Hall–Kier alpha value is -2.08. The van der Waals surface area contributed by atoms with Crippen molar-refractivity contribution in [3.05, 3.63) is 35.9 Å². The number of amides is 2. The van der Waals surface area contributed by atoms with Gasteiger partial charge in [-0.25, -0.2) is 9.59 Å². The number of carbonyl (C=O) groups is 2. The van der Waals surface area contributed by atoms with Crippen LogP contribution in [0, 0.1) is 0 Å². The number of β-amino-alcohol motifs (C(OH)–C–C–N with tert-alkyl or cyclic N) is 1. The Morgan fingerprint density at radius 3 is 2.67 bits per heavy atom. The molecule has 1 unspecified atom stereocenters. The second-order valence-corrected chi connectivity index (χ2v) is 5.27. The lowest BCUT2D eigenvalue weighted by molar-refractivity contribution is -0.139. The number of rotatable bonds is 4. The molecule has 1 aromatic rings. The summed E-state index contributed by atoms with van der Waals surface area (Å²) >= 11 is 0. The van der Waals surface area contributed by atoms with E-state index in [1.165, 1.54) is 4.90 Å². The maximum Gasteiger partial charge on any atom is 0.326 e. The van der Waals surface area contributed by atoms with Gasteiger partial charge in [0.25, 0.3) is 0 Å². The number of aliphatic hydroxyl groups excluding tert-OH is 1. The third kappa shape index (κ3) is 4.46. The lowest BCUT2D eigenvalue weighted by atomic mass is 10.1. The maximum absolute atomic E-state index is 12.1. The summed E-state index contributed by atoms with van der Waals surface area (Å²) in [5.74, 6) is -1.07. The minimum Gasteiger partial charge on any atom is -0.480 e. The van der Waals surface area contributed by atoms with E-state index in [-0.39, 0.29) is 13.0 Å². The van der Waals surface area contributed by atoms with Crippen molar-refractivity contribution >= 4 is 12.0 Å². The van der Waals surface area contributed by atoms with E-state index in [4.69, 9.17) is 0 Å². The minimum absolute atomic E-state index is 0.234. The van der Waals surface area contributed by atoms with Crippen molar-refractivity contribution in [3.63, 3.8) is 0 Å². The Balaban J connectivity index is 1.96. The van der Waals surface area contributed by atoms with Crippen molar-refractivity contribution in [1.29, 1.82) is 0 Å². The molecule has 1 aromatic carbocycles. The van der Waals surface area contributed by atoms with Crippen molar-refractivity contribution in [2.45, 2.75) is 31.4 Å². The number of piperidine rings is 1. The fraction of sp³-hybridized carbons (Fsp3) is 0.467. The summed E-state index contributed by atoms with van der Waals surface area (Å²) in [5, 5.41) is 21.4. The van der Waals surface area contributed by atoms with Gasteiger partial charge < -0.3 is 20.4 Å². The Labute approximate surface area is 123 Å². The molecule has 2 rings (SSSR count). The molecule has 0 saturated carbocycles. The first-order chi connectivity index (χ1) is 10.1. The molecule has 1 heterocycles. The molecule has 21 heavy (non-hydrogen) atoms. The number of hydrogen-bond acceptors (Lipinski definition) is 3. The molecule has 1 saturated heterocycles. The Bertz CT molecular complexity index is 492. The summed E-state index contributed by atoms with van der Waals surface area (Å²) in [6, 6.07) is 7.76. The fourth-order valence-corrected chi connectivity index (χ4v) is 2.43. The number of aliphatic carboxylic acids is 1. The van der Waals surface area contributed by atoms with Crippen molar-refractivity contribution in [2.24, 2.45) is 0 Å². The summed E-state index contributed by atoms with van der Waals surface area (Å²) in [5.41, 5.74) is 0.851. The van der Waals surface area contributed by atoms with Crippen LogP contribution in [0.2, 0.25) is 0 Å². The van der Waals surface area contributed by atoms with Crippen molar-refractivity contribution in [2.75, 3.05) is 13.1 Å². The SMILES string of the molecule is O=C(O)[C@H](Cc1ccccc1)NC(=O)N1CCCC(O)C1. The predicted octanol–water partition coefficient (Wildman–Crippen LogP) is 0.849. The number of carbonyl (C=O) groups excluding carboxylic acids is 1. The van der Waals surface area contributed by atoms with Gasteiger partial charge in [-0.1, -0.05) is 30.3 Å². The molecule has 0 spiro atoms. The van der Waals surface area contributed by atoms with Crippen molar-refractivity contribution in [3.8, 4) is 0 Å². The molecular formula is C15H20N2O4. The number of likely N-dealkylation sites (tertiary alicyclic amines) is 1. The quantitative estimate of drug-likeness (QED) is 0.767. The third-order valence-corrected chi connectivity index (χ3v) is 3.56. The Morgan fingerprint density at radius 1 is 1.33 bits per heavy atom. The standard InChI is InChI=1S/C15H20N2O4/c18-12-7-4-8-17(10-12)15(21)16-13(14(19)20)9-11-5-2-1-3-6-11/h1-3,5-6,12-13,18H,4,7-10H2,(H,16,21)(H,19,20)/t12?,13-/m0/s1. The van der Waals surface area contributed by atoms with E-state index in [1.807, 2.05) is 30.3 Å². The van der Waals surface area contributed by atoms with E-state index in [1.54, 1.807) is 0 Å². The maximum atomic E-state index is 12.1. The summed E-state index contributed by atoms with van der Waals surface area (Å²) in [4.78, 5) is 24.9. The molecule has 2 amide bonds. The third-order valence-electron chi connectivity index (χ3n) is 3.56. The van der Waals surface area contributed by atoms with Crippen molar-refractivity contribution in [1.82, 2.24) is 10.2 Å². The van der Waals surface area contributed by atoms with Crippen LogP contribution in [0.5, 0.6) is 0 Å². The van der Waals surface area contributed by atoms with Gasteiger partial charge in [0.2, 0.25) is 0 Å². The lowest BCUT2D eigenvalue weighted by Gasteiger charge is -2.31. The molecule has 2 atom stereocenters. The number of urea groups is 1. The highest BCUT2D eigenvalue weighted by atomic mass is 16.4. The molecule has 6 heteroatoms. The molecular weight excluding hydrogens is 272 g/mol. The Morgan fingerprint density at radius 2 is 2.05 bits per heavy atom. The molecule has 6 nitrogen and oxygen atoms in total. The van der Waals surface area contributed by atoms with Gasteiger partial charge >= 0.3 is 12.0 Å². The molecule has 0 aromatic heterocycles. The van der Waals surface area contributed by atoms with Crippen LogP contribution >= 0.6 is 0 Å². The number of carboxylic acid groups (broad SMARTS) is 1.